The Hall–Kier alpha value is -1.76. The van der Waals surface area contributed by atoms with Crippen LogP contribution in [0.25, 0.3) is 0 Å². The molecule has 0 saturated carbocycles. The van der Waals surface area contributed by atoms with E-state index in [1.807, 2.05) is 18.2 Å². The van der Waals surface area contributed by atoms with Crippen molar-refractivity contribution in [1.82, 2.24) is 10.2 Å². The second-order valence-corrected chi connectivity index (χ2v) is 5.75. The number of carbonyl (C=O) groups is 2. The molecular weight excluding hydrogens is 338 g/mol. The van der Waals surface area contributed by atoms with Gasteiger partial charge in [0.2, 0.25) is 0 Å². The molecule has 1 aliphatic rings. The van der Waals surface area contributed by atoms with Gasteiger partial charge in [-0.2, -0.15) is 0 Å². The van der Waals surface area contributed by atoms with E-state index in [1.54, 1.807) is 4.90 Å². The number of carbonyl (C=O) groups excluding carboxylic acids is 1. The maximum absolute atomic E-state index is 11.9. The number of carboxylic acid groups (broad SMARTS) is 1. The standard InChI is InChI=1S/C14H18BrN3O3/c15-11-2-1-3-12(10-11)17-6-8-18(9-7-17)14(21)16-5-4-13(19)20/h1-3,10H,4-9H2,(H,16,21)(H,19,20). The van der Waals surface area contributed by atoms with Crippen LogP contribution in [0.4, 0.5) is 10.5 Å². The maximum atomic E-state index is 11.9. The van der Waals surface area contributed by atoms with Crippen LogP contribution in [0.5, 0.6) is 0 Å². The van der Waals surface area contributed by atoms with Gasteiger partial charge in [-0.3, -0.25) is 4.79 Å². The molecule has 1 aliphatic heterocycles. The van der Waals surface area contributed by atoms with E-state index in [0.717, 1.165) is 23.2 Å². The highest BCUT2D eigenvalue weighted by molar-refractivity contribution is 9.10. The monoisotopic (exact) mass is 355 g/mol. The molecule has 1 aromatic rings. The molecule has 2 amide bonds. The molecule has 0 bridgehead atoms. The molecule has 0 atom stereocenters. The molecule has 114 valence electrons. The third kappa shape index (κ3) is 4.63. The molecule has 21 heavy (non-hydrogen) atoms. The second kappa shape index (κ2) is 7.31. The van der Waals surface area contributed by atoms with Gasteiger partial charge in [0.05, 0.1) is 6.42 Å². The van der Waals surface area contributed by atoms with Gasteiger partial charge in [-0.25, -0.2) is 4.79 Å². The van der Waals surface area contributed by atoms with Crippen molar-refractivity contribution in [3.05, 3.63) is 28.7 Å². The lowest BCUT2D eigenvalue weighted by Gasteiger charge is -2.36. The Morgan fingerprint density at radius 1 is 1.24 bits per heavy atom. The number of hydrogen-bond donors (Lipinski definition) is 2. The molecule has 2 rings (SSSR count). The highest BCUT2D eigenvalue weighted by Crippen LogP contribution is 2.21. The van der Waals surface area contributed by atoms with Gasteiger partial charge in [0.1, 0.15) is 0 Å². The lowest BCUT2D eigenvalue weighted by Crippen LogP contribution is -2.52. The predicted octanol–water partition coefficient (Wildman–Crippen LogP) is 1.76. The van der Waals surface area contributed by atoms with Crippen LogP contribution in [0.15, 0.2) is 28.7 Å². The Labute approximate surface area is 131 Å². The van der Waals surface area contributed by atoms with Crippen molar-refractivity contribution in [2.75, 3.05) is 37.6 Å². The van der Waals surface area contributed by atoms with Gasteiger partial charge in [-0.05, 0) is 18.2 Å². The molecular formula is C14H18BrN3O3. The van der Waals surface area contributed by atoms with Crippen molar-refractivity contribution >= 4 is 33.6 Å². The van der Waals surface area contributed by atoms with Crippen LogP contribution in [0.1, 0.15) is 6.42 Å². The minimum atomic E-state index is -0.908. The number of anilines is 1. The number of nitrogens with one attached hydrogen (secondary N) is 1. The largest absolute Gasteiger partial charge is 0.481 e. The number of carboxylic acids is 1. The summed E-state index contributed by atoms with van der Waals surface area (Å²) in [5, 5.41) is 11.2. The van der Waals surface area contributed by atoms with Crippen LogP contribution in [-0.2, 0) is 4.79 Å². The summed E-state index contributed by atoms with van der Waals surface area (Å²) in [6.07, 6.45) is -0.0518. The van der Waals surface area contributed by atoms with Crippen molar-refractivity contribution < 1.29 is 14.7 Å². The van der Waals surface area contributed by atoms with E-state index in [9.17, 15) is 9.59 Å². The Balaban J connectivity index is 1.80. The first-order valence-corrected chi connectivity index (χ1v) is 7.60. The van der Waals surface area contributed by atoms with Crippen LogP contribution < -0.4 is 10.2 Å². The van der Waals surface area contributed by atoms with Crippen LogP contribution in [-0.4, -0.2) is 54.7 Å². The first-order valence-electron chi connectivity index (χ1n) is 6.81. The van der Waals surface area contributed by atoms with E-state index in [1.165, 1.54) is 0 Å². The number of amides is 2. The zero-order chi connectivity index (χ0) is 15.2. The Bertz CT molecular complexity index is 516. The summed E-state index contributed by atoms with van der Waals surface area (Å²) in [7, 11) is 0. The van der Waals surface area contributed by atoms with Crippen molar-refractivity contribution in [3.63, 3.8) is 0 Å². The lowest BCUT2D eigenvalue weighted by atomic mass is 10.2. The average Bonchev–Trinajstić information content (AvgIpc) is 2.47. The zero-order valence-electron chi connectivity index (χ0n) is 11.6. The normalized spacial score (nSPS) is 14.9. The first kappa shape index (κ1) is 15.6. The van der Waals surface area contributed by atoms with Crippen molar-refractivity contribution in [2.45, 2.75) is 6.42 Å². The van der Waals surface area contributed by atoms with Gasteiger partial charge < -0.3 is 20.2 Å². The summed E-state index contributed by atoms with van der Waals surface area (Å²) >= 11 is 3.45. The molecule has 0 unspecified atom stereocenters. The van der Waals surface area contributed by atoms with E-state index in [2.05, 4.69) is 32.2 Å². The summed E-state index contributed by atoms with van der Waals surface area (Å²) in [5.41, 5.74) is 1.13. The van der Waals surface area contributed by atoms with E-state index in [4.69, 9.17) is 5.11 Å². The second-order valence-electron chi connectivity index (χ2n) is 4.83. The molecule has 0 radical (unpaired) electrons. The van der Waals surface area contributed by atoms with Gasteiger partial charge in [0, 0.05) is 42.9 Å². The minimum Gasteiger partial charge on any atom is -0.481 e. The molecule has 1 heterocycles. The fraction of sp³-hybridized carbons (Fsp3) is 0.429. The number of benzene rings is 1. The fourth-order valence-corrected chi connectivity index (χ4v) is 2.62. The Morgan fingerprint density at radius 2 is 1.95 bits per heavy atom. The van der Waals surface area contributed by atoms with Crippen LogP contribution in [0.3, 0.4) is 0 Å². The van der Waals surface area contributed by atoms with E-state index < -0.39 is 5.97 Å². The SMILES string of the molecule is O=C(O)CCNC(=O)N1CCN(c2cccc(Br)c2)CC1. The van der Waals surface area contributed by atoms with E-state index in [-0.39, 0.29) is 19.0 Å². The van der Waals surface area contributed by atoms with E-state index >= 15 is 0 Å². The number of piperazine rings is 1. The van der Waals surface area contributed by atoms with Crippen molar-refractivity contribution in [1.29, 1.82) is 0 Å². The Kier molecular flexibility index (Phi) is 5.44. The smallest absolute Gasteiger partial charge is 0.317 e. The van der Waals surface area contributed by atoms with Gasteiger partial charge in [-0.15, -0.1) is 0 Å². The number of urea groups is 1. The van der Waals surface area contributed by atoms with Gasteiger partial charge in [0.15, 0.2) is 0 Å². The van der Waals surface area contributed by atoms with Gasteiger partial charge >= 0.3 is 12.0 Å². The topological polar surface area (TPSA) is 72.9 Å². The number of halogens is 1. The van der Waals surface area contributed by atoms with Gasteiger partial charge in [-0.1, -0.05) is 22.0 Å². The molecule has 7 heteroatoms. The molecule has 0 aromatic heterocycles. The summed E-state index contributed by atoms with van der Waals surface area (Å²) < 4.78 is 1.04. The molecule has 0 spiro atoms. The molecule has 1 aromatic carbocycles. The predicted molar refractivity (Wildman–Crippen MR) is 83.6 cm³/mol. The number of rotatable bonds is 4. The Morgan fingerprint density at radius 3 is 2.57 bits per heavy atom. The van der Waals surface area contributed by atoms with E-state index in [0.29, 0.717) is 13.1 Å². The molecule has 1 saturated heterocycles. The highest BCUT2D eigenvalue weighted by atomic mass is 79.9. The lowest BCUT2D eigenvalue weighted by molar-refractivity contribution is -0.136. The number of hydrogen-bond acceptors (Lipinski definition) is 3. The number of aliphatic carboxylic acids is 1. The van der Waals surface area contributed by atoms with Crippen molar-refractivity contribution in [3.8, 4) is 0 Å². The summed E-state index contributed by atoms with van der Waals surface area (Å²) in [6.45, 7) is 2.96. The first-order chi connectivity index (χ1) is 10.1. The average molecular weight is 356 g/mol. The third-order valence-corrected chi connectivity index (χ3v) is 3.85. The summed E-state index contributed by atoms with van der Waals surface area (Å²) in [5.74, 6) is -0.908. The summed E-state index contributed by atoms with van der Waals surface area (Å²) in [6, 6.07) is 7.89. The zero-order valence-corrected chi connectivity index (χ0v) is 13.2. The fourth-order valence-electron chi connectivity index (χ4n) is 2.23. The maximum Gasteiger partial charge on any atom is 0.317 e. The van der Waals surface area contributed by atoms with Crippen LogP contribution in [0.2, 0.25) is 0 Å². The third-order valence-electron chi connectivity index (χ3n) is 3.36. The van der Waals surface area contributed by atoms with Crippen molar-refractivity contribution in [2.24, 2.45) is 0 Å². The van der Waals surface area contributed by atoms with Gasteiger partial charge in [0.25, 0.3) is 0 Å². The number of nitrogens with zero attached hydrogens (tertiary/aromatic N) is 2. The molecule has 6 nitrogen and oxygen atoms in total. The van der Waals surface area contributed by atoms with Crippen LogP contribution in [0, 0.1) is 0 Å². The minimum absolute atomic E-state index is 0.0518. The molecule has 0 aliphatic carbocycles. The van der Waals surface area contributed by atoms with Crippen LogP contribution >= 0.6 is 15.9 Å². The quantitative estimate of drug-likeness (QED) is 0.862. The molecule has 2 N–H and O–H groups in total. The molecule has 1 fully saturated rings. The highest BCUT2D eigenvalue weighted by Gasteiger charge is 2.21. The summed E-state index contributed by atoms with van der Waals surface area (Å²) in [4.78, 5) is 26.2.